The lowest BCUT2D eigenvalue weighted by molar-refractivity contribution is 0.295. The summed E-state index contributed by atoms with van der Waals surface area (Å²) in [5.41, 5.74) is 7.89. The van der Waals surface area contributed by atoms with Gasteiger partial charge in [-0.05, 0) is 23.3 Å². The van der Waals surface area contributed by atoms with Crippen molar-refractivity contribution in [2.75, 3.05) is 13.2 Å². The largest absolute Gasteiger partial charge is 0.492 e. The first kappa shape index (κ1) is 9.45. The molecule has 0 saturated heterocycles. The molecular formula is C10H15N3O. The summed E-state index contributed by atoms with van der Waals surface area (Å²) in [4.78, 5) is 0. The van der Waals surface area contributed by atoms with Crippen LogP contribution in [-0.2, 0) is 13.1 Å². The fraction of sp³-hybridized carbons (Fsp3) is 0.400. The van der Waals surface area contributed by atoms with Crippen molar-refractivity contribution in [3.05, 3.63) is 29.3 Å². The van der Waals surface area contributed by atoms with Crippen LogP contribution in [0.4, 0.5) is 0 Å². The molecule has 0 unspecified atom stereocenters. The maximum absolute atomic E-state index is 5.71. The zero-order valence-corrected chi connectivity index (χ0v) is 8.07. The molecule has 2 rings (SSSR count). The van der Waals surface area contributed by atoms with E-state index in [9.17, 15) is 0 Å². The van der Waals surface area contributed by atoms with Crippen molar-refractivity contribution in [3.8, 4) is 5.75 Å². The van der Waals surface area contributed by atoms with E-state index in [0.29, 0.717) is 13.2 Å². The highest BCUT2D eigenvalue weighted by molar-refractivity contribution is 5.37. The van der Waals surface area contributed by atoms with Crippen LogP contribution in [0.3, 0.4) is 0 Å². The Bertz CT molecular complexity index is 327. The molecule has 0 aromatic heterocycles. The van der Waals surface area contributed by atoms with Gasteiger partial charge in [-0.25, -0.2) is 5.01 Å². The molecule has 1 aromatic rings. The van der Waals surface area contributed by atoms with Crippen molar-refractivity contribution >= 4 is 0 Å². The first-order valence-electron chi connectivity index (χ1n) is 4.74. The Hall–Kier alpha value is -1.10. The summed E-state index contributed by atoms with van der Waals surface area (Å²) >= 11 is 0. The second-order valence-corrected chi connectivity index (χ2v) is 3.47. The van der Waals surface area contributed by atoms with Gasteiger partial charge in [-0.15, -0.1) is 0 Å². The molecule has 0 fully saturated rings. The lowest BCUT2D eigenvalue weighted by atomic mass is 10.1. The number of nitrogens with zero attached hydrogens (tertiary/aromatic N) is 1. The Balaban J connectivity index is 2.12. The zero-order chi connectivity index (χ0) is 9.97. The van der Waals surface area contributed by atoms with Gasteiger partial charge in [0.05, 0.1) is 0 Å². The van der Waals surface area contributed by atoms with Crippen LogP contribution in [0, 0.1) is 0 Å². The lowest BCUT2D eigenvalue weighted by Gasteiger charge is -2.05. The van der Waals surface area contributed by atoms with Crippen LogP contribution in [0.1, 0.15) is 11.1 Å². The Kier molecular flexibility index (Phi) is 2.67. The van der Waals surface area contributed by atoms with E-state index in [1.54, 1.807) is 5.01 Å². The van der Waals surface area contributed by atoms with Crippen LogP contribution < -0.4 is 16.3 Å². The normalized spacial score (nSPS) is 15.6. The van der Waals surface area contributed by atoms with Gasteiger partial charge in [-0.2, -0.15) is 0 Å². The number of ether oxygens (including phenoxy) is 1. The molecule has 1 aliphatic rings. The molecule has 0 radical (unpaired) electrons. The van der Waals surface area contributed by atoms with Crippen molar-refractivity contribution < 1.29 is 4.74 Å². The molecule has 14 heavy (non-hydrogen) atoms. The van der Waals surface area contributed by atoms with Crippen LogP contribution in [0.2, 0.25) is 0 Å². The summed E-state index contributed by atoms with van der Waals surface area (Å²) in [6, 6.07) is 6.07. The molecule has 0 aliphatic carbocycles. The van der Waals surface area contributed by atoms with Crippen LogP contribution in [0.25, 0.3) is 0 Å². The van der Waals surface area contributed by atoms with E-state index in [-0.39, 0.29) is 0 Å². The van der Waals surface area contributed by atoms with Crippen molar-refractivity contribution in [3.63, 3.8) is 0 Å². The average Bonchev–Trinajstić information content (AvgIpc) is 2.54. The van der Waals surface area contributed by atoms with E-state index in [1.807, 2.05) is 12.1 Å². The molecule has 1 heterocycles. The van der Waals surface area contributed by atoms with E-state index >= 15 is 0 Å². The molecule has 4 nitrogen and oxygen atoms in total. The van der Waals surface area contributed by atoms with Crippen molar-refractivity contribution in [2.24, 2.45) is 11.6 Å². The topological polar surface area (TPSA) is 64.5 Å². The first-order chi connectivity index (χ1) is 6.79. The molecule has 76 valence electrons. The van der Waals surface area contributed by atoms with Crippen LogP contribution in [0.5, 0.6) is 5.75 Å². The summed E-state index contributed by atoms with van der Waals surface area (Å²) in [6.45, 7) is 2.73. The number of hydrogen-bond donors (Lipinski definition) is 2. The summed E-state index contributed by atoms with van der Waals surface area (Å²) < 4.78 is 5.43. The highest BCUT2D eigenvalue weighted by atomic mass is 16.5. The number of nitrogens with two attached hydrogens (primary N) is 2. The summed E-state index contributed by atoms with van der Waals surface area (Å²) in [5.74, 6) is 6.59. The van der Waals surface area contributed by atoms with Gasteiger partial charge in [0.15, 0.2) is 0 Å². The second kappa shape index (κ2) is 3.96. The Morgan fingerprint density at radius 3 is 2.86 bits per heavy atom. The van der Waals surface area contributed by atoms with E-state index in [2.05, 4.69) is 6.07 Å². The van der Waals surface area contributed by atoms with Gasteiger partial charge >= 0.3 is 0 Å². The number of hydrogen-bond acceptors (Lipinski definition) is 4. The predicted molar refractivity (Wildman–Crippen MR) is 54.4 cm³/mol. The van der Waals surface area contributed by atoms with Crippen molar-refractivity contribution in [2.45, 2.75) is 13.1 Å². The van der Waals surface area contributed by atoms with Gasteiger partial charge < -0.3 is 10.5 Å². The summed E-state index contributed by atoms with van der Waals surface area (Å²) in [5, 5.41) is 1.79. The minimum atomic E-state index is 0.542. The van der Waals surface area contributed by atoms with Gasteiger partial charge in [0.25, 0.3) is 0 Å². The maximum Gasteiger partial charge on any atom is 0.119 e. The fourth-order valence-electron chi connectivity index (χ4n) is 1.66. The number of fused-ring (bicyclic) bond motifs is 1. The Morgan fingerprint density at radius 2 is 2.07 bits per heavy atom. The Labute approximate surface area is 83.4 Å². The van der Waals surface area contributed by atoms with Crippen molar-refractivity contribution in [1.29, 1.82) is 0 Å². The predicted octanol–water partition coefficient (Wildman–Crippen LogP) is 0.213. The third-order valence-electron chi connectivity index (χ3n) is 2.31. The summed E-state index contributed by atoms with van der Waals surface area (Å²) in [7, 11) is 0. The van der Waals surface area contributed by atoms with E-state index in [4.69, 9.17) is 16.3 Å². The second-order valence-electron chi connectivity index (χ2n) is 3.47. The smallest absolute Gasteiger partial charge is 0.119 e. The van der Waals surface area contributed by atoms with Gasteiger partial charge in [0, 0.05) is 19.6 Å². The number of rotatable bonds is 3. The standard InChI is InChI=1S/C10H15N3O/c11-3-4-14-10-2-1-8-6-13(12)7-9(8)5-10/h1-2,5H,3-4,6-7,11-12H2. The van der Waals surface area contributed by atoms with Crippen molar-refractivity contribution in [1.82, 2.24) is 5.01 Å². The highest BCUT2D eigenvalue weighted by Crippen LogP contribution is 2.24. The van der Waals surface area contributed by atoms with E-state index in [1.165, 1.54) is 11.1 Å². The molecule has 0 bridgehead atoms. The molecule has 0 atom stereocenters. The molecule has 4 N–H and O–H groups in total. The van der Waals surface area contributed by atoms with E-state index in [0.717, 1.165) is 18.8 Å². The third-order valence-corrected chi connectivity index (χ3v) is 2.31. The maximum atomic E-state index is 5.71. The molecule has 0 saturated carbocycles. The quantitative estimate of drug-likeness (QED) is 0.674. The van der Waals surface area contributed by atoms with Gasteiger partial charge in [0.2, 0.25) is 0 Å². The van der Waals surface area contributed by atoms with Gasteiger partial charge in [-0.1, -0.05) is 6.07 Å². The van der Waals surface area contributed by atoms with Gasteiger partial charge in [-0.3, -0.25) is 5.84 Å². The number of benzene rings is 1. The number of hydrazine groups is 1. The van der Waals surface area contributed by atoms with Crippen LogP contribution >= 0.6 is 0 Å². The minimum absolute atomic E-state index is 0.542. The monoisotopic (exact) mass is 193 g/mol. The SMILES string of the molecule is NCCOc1ccc2c(c1)CN(N)C2. The molecule has 1 aliphatic heterocycles. The molecule has 0 amide bonds. The first-order valence-corrected chi connectivity index (χ1v) is 4.74. The minimum Gasteiger partial charge on any atom is -0.492 e. The average molecular weight is 193 g/mol. The highest BCUT2D eigenvalue weighted by Gasteiger charge is 2.15. The van der Waals surface area contributed by atoms with Crippen LogP contribution in [-0.4, -0.2) is 18.2 Å². The molecule has 4 heteroatoms. The summed E-state index contributed by atoms with van der Waals surface area (Å²) in [6.07, 6.45) is 0. The van der Waals surface area contributed by atoms with Crippen LogP contribution in [0.15, 0.2) is 18.2 Å². The Morgan fingerprint density at radius 1 is 1.29 bits per heavy atom. The zero-order valence-electron chi connectivity index (χ0n) is 8.07. The molecule has 1 aromatic carbocycles. The molecule has 0 spiro atoms. The molecular weight excluding hydrogens is 178 g/mol. The lowest BCUT2D eigenvalue weighted by Crippen LogP contribution is -2.23. The van der Waals surface area contributed by atoms with E-state index < -0.39 is 0 Å². The third kappa shape index (κ3) is 1.87. The van der Waals surface area contributed by atoms with Gasteiger partial charge in [0.1, 0.15) is 12.4 Å². The fourth-order valence-corrected chi connectivity index (χ4v) is 1.66.